The average Bonchev–Trinajstić information content (AvgIpc) is 2.48. The Morgan fingerprint density at radius 3 is 2.48 bits per heavy atom. The van der Waals surface area contributed by atoms with Crippen molar-refractivity contribution in [3.63, 3.8) is 0 Å². The lowest BCUT2D eigenvalue weighted by Gasteiger charge is -2.31. The summed E-state index contributed by atoms with van der Waals surface area (Å²) in [6, 6.07) is 5.43. The Kier molecular flexibility index (Phi) is 5.87. The van der Waals surface area contributed by atoms with Crippen molar-refractivity contribution < 1.29 is 22.7 Å². The highest BCUT2D eigenvalue weighted by Gasteiger charge is 2.31. The first-order valence-electron chi connectivity index (χ1n) is 7.71. The van der Waals surface area contributed by atoms with E-state index in [0.717, 1.165) is 25.7 Å². The molecule has 0 spiro atoms. The second-order valence-electron chi connectivity index (χ2n) is 5.82. The first-order valence-corrected chi connectivity index (χ1v) is 7.71. The summed E-state index contributed by atoms with van der Waals surface area (Å²) in [5.41, 5.74) is 6.37. The van der Waals surface area contributed by atoms with E-state index in [1.165, 1.54) is 24.3 Å². The molecule has 23 heavy (non-hydrogen) atoms. The van der Waals surface area contributed by atoms with Gasteiger partial charge in [0.15, 0.2) is 0 Å². The number of halogens is 3. The van der Waals surface area contributed by atoms with Crippen molar-refractivity contribution in [3.8, 4) is 5.75 Å². The predicted molar refractivity (Wildman–Crippen MR) is 79.8 cm³/mol. The molecule has 0 heterocycles. The van der Waals surface area contributed by atoms with Crippen molar-refractivity contribution in [3.05, 3.63) is 29.8 Å². The summed E-state index contributed by atoms with van der Waals surface area (Å²) in [6.07, 6.45) is -0.437. The van der Waals surface area contributed by atoms with Gasteiger partial charge in [-0.05, 0) is 43.0 Å². The van der Waals surface area contributed by atoms with Crippen molar-refractivity contribution in [2.24, 2.45) is 11.7 Å². The Balaban J connectivity index is 1.87. The average molecular weight is 330 g/mol. The fourth-order valence-electron chi connectivity index (χ4n) is 2.93. The van der Waals surface area contributed by atoms with Gasteiger partial charge in [0.2, 0.25) is 5.91 Å². The van der Waals surface area contributed by atoms with E-state index >= 15 is 0 Å². The summed E-state index contributed by atoms with van der Waals surface area (Å²) in [6.45, 7) is 0.550. The molecule has 128 valence electrons. The molecule has 2 rings (SSSR count). The van der Waals surface area contributed by atoms with Crippen molar-refractivity contribution >= 4 is 5.91 Å². The van der Waals surface area contributed by atoms with Gasteiger partial charge in [-0.3, -0.25) is 4.79 Å². The van der Waals surface area contributed by atoms with Gasteiger partial charge in [0.05, 0.1) is 6.42 Å². The van der Waals surface area contributed by atoms with Crippen molar-refractivity contribution in [1.82, 2.24) is 5.32 Å². The first kappa shape index (κ1) is 17.6. The van der Waals surface area contributed by atoms with Crippen LogP contribution in [0.1, 0.15) is 31.2 Å². The predicted octanol–water partition coefficient (Wildman–Crippen LogP) is 2.76. The number of benzene rings is 1. The van der Waals surface area contributed by atoms with Gasteiger partial charge in [-0.15, -0.1) is 13.2 Å². The number of hydrogen-bond donors (Lipinski definition) is 2. The lowest BCUT2D eigenvalue weighted by Crippen LogP contribution is -2.45. The lowest BCUT2D eigenvalue weighted by atomic mass is 9.84. The number of rotatable bonds is 5. The molecule has 2 unspecified atom stereocenters. The zero-order valence-electron chi connectivity index (χ0n) is 12.7. The molecule has 0 radical (unpaired) electrons. The number of hydrogen-bond acceptors (Lipinski definition) is 3. The van der Waals surface area contributed by atoms with Crippen LogP contribution in [0, 0.1) is 5.92 Å². The molecule has 1 saturated carbocycles. The largest absolute Gasteiger partial charge is 0.573 e. The molecular weight excluding hydrogens is 309 g/mol. The van der Waals surface area contributed by atoms with Crippen LogP contribution < -0.4 is 15.8 Å². The minimum absolute atomic E-state index is 0.0917. The molecule has 1 amide bonds. The molecule has 0 bridgehead atoms. The third kappa shape index (κ3) is 5.74. The number of carbonyl (C=O) groups is 1. The highest BCUT2D eigenvalue weighted by molar-refractivity contribution is 5.78. The van der Waals surface area contributed by atoms with Crippen molar-refractivity contribution in [2.45, 2.75) is 44.5 Å². The third-order valence-corrected chi connectivity index (χ3v) is 4.08. The Labute approximate surface area is 133 Å². The van der Waals surface area contributed by atoms with E-state index in [0.29, 0.717) is 18.0 Å². The molecule has 0 aliphatic heterocycles. The number of nitrogens with two attached hydrogens (primary N) is 1. The summed E-state index contributed by atoms with van der Waals surface area (Å²) in [5.74, 6) is -0.132. The topological polar surface area (TPSA) is 64.3 Å². The maximum Gasteiger partial charge on any atom is 0.573 e. The van der Waals surface area contributed by atoms with E-state index in [9.17, 15) is 18.0 Å². The summed E-state index contributed by atoms with van der Waals surface area (Å²) in [5, 5.41) is 2.99. The minimum Gasteiger partial charge on any atom is -0.406 e. The molecule has 4 nitrogen and oxygen atoms in total. The molecule has 1 aromatic carbocycles. The van der Waals surface area contributed by atoms with Crippen molar-refractivity contribution in [2.75, 3.05) is 6.54 Å². The van der Waals surface area contributed by atoms with Gasteiger partial charge in [0.1, 0.15) is 5.75 Å². The van der Waals surface area contributed by atoms with Gasteiger partial charge in [0.25, 0.3) is 0 Å². The lowest BCUT2D eigenvalue weighted by molar-refractivity contribution is -0.274. The SMILES string of the molecule is NCC1CCCCC1NC(=O)Cc1ccc(OC(F)(F)F)cc1. The van der Waals surface area contributed by atoms with Crippen LogP contribution in [0.2, 0.25) is 0 Å². The minimum atomic E-state index is -4.71. The van der Waals surface area contributed by atoms with Gasteiger partial charge >= 0.3 is 6.36 Å². The maximum absolute atomic E-state index is 12.1. The molecule has 7 heteroatoms. The zero-order valence-corrected chi connectivity index (χ0v) is 12.7. The molecule has 2 atom stereocenters. The van der Waals surface area contributed by atoms with Gasteiger partial charge in [-0.1, -0.05) is 25.0 Å². The number of carbonyl (C=O) groups excluding carboxylic acids is 1. The highest BCUT2D eigenvalue weighted by Crippen LogP contribution is 2.24. The molecule has 1 fully saturated rings. The van der Waals surface area contributed by atoms with Crippen LogP contribution in [-0.4, -0.2) is 24.9 Å². The summed E-state index contributed by atoms with van der Waals surface area (Å²) in [4.78, 5) is 12.1. The van der Waals surface area contributed by atoms with E-state index in [4.69, 9.17) is 5.73 Å². The number of nitrogens with one attached hydrogen (secondary N) is 1. The Bertz CT molecular complexity index is 517. The van der Waals surface area contributed by atoms with Gasteiger partial charge in [-0.25, -0.2) is 0 Å². The van der Waals surface area contributed by atoms with E-state index in [1.54, 1.807) is 0 Å². The molecule has 0 saturated heterocycles. The van der Waals surface area contributed by atoms with Crippen LogP contribution in [0.5, 0.6) is 5.75 Å². The van der Waals surface area contributed by atoms with Gasteiger partial charge < -0.3 is 15.8 Å². The Hall–Kier alpha value is -1.76. The normalized spacial score (nSPS) is 21.7. The highest BCUT2D eigenvalue weighted by atomic mass is 19.4. The quantitative estimate of drug-likeness (QED) is 0.872. The summed E-state index contributed by atoms with van der Waals surface area (Å²) < 4.78 is 40.1. The van der Waals surface area contributed by atoms with Crippen LogP contribution in [0.3, 0.4) is 0 Å². The molecule has 1 aromatic rings. The van der Waals surface area contributed by atoms with Gasteiger partial charge in [0, 0.05) is 6.04 Å². The second kappa shape index (κ2) is 7.68. The van der Waals surface area contributed by atoms with Gasteiger partial charge in [-0.2, -0.15) is 0 Å². The molecule has 0 aromatic heterocycles. The van der Waals surface area contributed by atoms with Crippen LogP contribution in [0.15, 0.2) is 24.3 Å². The fourth-order valence-corrected chi connectivity index (χ4v) is 2.93. The standard InChI is InChI=1S/C16H21F3N2O2/c17-16(18,19)23-13-7-5-11(6-8-13)9-15(22)21-14-4-2-1-3-12(14)10-20/h5-8,12,14H,1-4,9-10,20H2,(H,21,22). The maximum atomic E-state index is 12.1. The van der Waals surface area contributed by atoms with Crippen LogP contribution in [-0.2, 0) is 11.2 Å². The van der Waals surface area contributed by atoms with Crippen LogP contribution in [0.25, 0.3) is 0 Å². The monoisotopic (exact) mass is 330 g/mol. The number of amides is 1. The smallest absolute Gasteiger partial charge is 0.406 e. The Morgan fingerprint density at radius 1 is 1.22 bits per heavy atom. The fraction of sp³-hybridized carbons (Fsp3) is 0.562. The van der Waals surface area contributed by atoms with E-state index in [2.05, 4.69) is 10.1 Å². The van der Waals surface area contributed by atoms with E-state index in [-0.39, 0.29) is 24.1 Å². The third-order valence-electron chi connectivity index (χ3n) is 4.08. The van der Waals surface area contributed by atoms with Crippen LogP contribution in [0.4, 0.5) is 13.2 Å². The first-order chi connectivity index (χ1) is 10.9. The molecule has 1 aliphatic rings. The second-order valence-corrected chi connectivity index (χ2v) is 5.82. The Morgan fingerprint density at radius 2 is 1.87 bits per heavy atom. The molecule has 1 aliphatic carbocycles. The molecular formula is C16H21F3N2O2. The number of alkyl halides is 3. The van der Waals surface area contributed by atoms with E-state index in [1.807, 2.05) is 0 Å². The summed E-state index contributed by atoms with van der Waals surface area (Å²) >= 11 is 0. The van der Waals surface area contributed by atoms with E-state index < -0.39 is 6.36 Å². The zero-order chi connectivity index (χ0) is 16.9. The van der Waals surface area contributed by atoms with Crippen molar-refractivity contribution in [1.29, 1.82) is 0 Å². The van der Waals surface area contributed by atoms with Crippen LogP contribution >= 0.6 is 0 Å². The summed E-state index contributed by atoms with van der Waals surface area (Å²) in [7, 11) is 0. The molecule has 3 N–H and O–H groups in total. The number of ether oxygens (including phenoxy) is 1.